The number of aromatic nitrogens is 2. The van der Waals surface area contributed by atoms with Crippen molar-refractivity contribution in [2.24, 2.45) is 11.8 Å². The van der Waals surface area contributed by atoms with E-state index in [9.17, 15) is 9.59 Å². The first-order valence-electron chi connectivity index (χ1n) is 6.59. The number of esters is 2. The van der Waals surface area contributed by atoms with Crippen LogP contribution in [0, 0.1) is 18.8 Å². The van der Waals surface area contributed by atoms with Crippen LogP contribution in [0.2, 0.25) is 0 Å². The molecule has 0 aromatic carbocycles. The lowest BCUT2D eigenvalue weighted by molar-refractivity contribution is -0.263. The molecule has 0 N–H and O–H groups in total. The third-order valence-corrected chi connectivity index (χ3v) is 4.31. The number of nitrogens with zero attached hydrogens (tertiary/aromatic N) is 3. The summed E-state index contributed by atoms with van der Waals surface area (Å²) < 4.78 is 15.7. The number of ether oxygens (including phenoxy) is 2. The number of rotatable bonds is 2. The second-order valence-electron chi connectivity index (χ2n) is 5.45. The van der Waals surface area contributed by atoms with Crippen molar-refractivity contribution < 1.29 is 23.6 Å². The van der Waals surface area contributed by atoms with Gasteiger partial charge in [0.2, 0.25) is 5.89 Å². The minimum Gasteiger partial charge on any atom is -0.399 e. The summed E-state index contributed by atoms with van der Waals surface area (Å²) in [5, 5.41) is 3.75. The average molecular weight is 279 g/mol. The maximum atomic E-state index is 11.4. The lowest BCUT2D eigenvalue weighted by Gasteiger charge is -2.37. The van der Waals surface area contributed by atoms with Gasteiger partial charge in [-0.2, -0.15) is 4.98 Å². The van der Waals surface area contributed by atoms with Crippen LogP contribution < -0.4 is 0 Å². The summed E-state index contributed by atoms with van der Waals surface area (Å²) in [5.74, 6) is -1.96. The lowest BCUT2D eigenvalue weighted by atomic mass is 9.86. The van der Waals surface area contributed by atoms with Gasteiger partial charge in [-0.15, -0.1) is 0 Å². The summed E-state index contributed by atoms with van der Waals surface area (Å²) in [6, 6.07) is 0. The van der Waals surface area contributed by atoms with Gasteiger partial charge in [0.25, 0.3) is 0 Å². The van der Waals surface area contributed by atoms with Crippen molar-refractivity contribution in [1.29, 1.82) is 0 Å². The van der Waals surface area contributed by atoms with Crippen molar-refractivity contribution >= 4 is 11.9 Å². The highest BCUT2D eigenvalue weighted by Crippen LogP contribution is 2.50. The number of piperidine rings is 1. The highest BCUT2D eigenvalue weighted by atomic mass is 16.8. The van der Waals surface area contributed by atoms with Gasteiger partial charge in [-0.1, -0.05) is 5.16 Å². The Morgan fingerprint density at radius 2 is 2.10 bits per heavy atom. The molecular formula is C12H13N3O5. The van der Waals surface area contributed by atoms with Crippen LogP contribution >= 0.6 is 0 Å². The molecule has 106 valence electrons. The Labute approximate surface area is 114 Å². The summed E-state index contributed by atoms with van der Waals surface area (Å²) in [5.41, 5.74) is 0. The van der Waals surface area contributed by atoms with Crippen molar-refractivity contribution in [2.75, 3.05) is 13.1 Å². The first-order chi connectivity index (χ1) is 9.58. The van der Waals surface area contributed by atoms with E-state index in [0.29, 0.717) is 24.1 Å². The van der Waals surface area contributed by atoms with Crippen molar-refractivity contribution in [1.82, 2.24) is 15.0 Å². The van der Waals surface area contributed by atoms with Gasteiger partial charge < -0.3 is 14.0 Å². The van der Waals surface area contributed by atoms with Crippen LogP contribution in [0.1, 0.15) is 18.1 Å². The van der Waals surface area contributed by atoms with Crippen molar-refractivity contribution in [2.45, 2.75) is 25.7 Å². The smallest absolute Gasteiger partial charge is 0.399 e. The molecule has 0 amide bonds. The van der Waals surface area contributed by atoms with Crippen molar-refractivity contribution in [3.8, 4) is 0 Å². The molecule has 1 aromatic rings. The Bertz CT molecular complexity index is 582. The molecule has 0 radical (unpaired) electrons. The quantitative estimate of drug-likeness (QED) is 0.534. The van der Waals surface area contributed by atoms with Crippen LogP contribution in [-0.2, 0) is 25.5 Å². The topological polar surface area (TPSA) is 94.8 Å². The summed E-state index contributed by atoms with van der Waals surface area (Å²) in [6.45, 7) is 3.24. The van der Waals surface area contributed by atoms with Crippen LogP contribution in [0.3, 0.4) is 0 Å². The van der Waals surface area contributed by atoms with Gasteiger partial charge in [-0.3, -0.25) is 0 Å². The van der Waals surface area contributed by atoms with Gasteiger partial charge >= 0.3 is 17.8 Å². The van der Waals surface area contributed by atoms with Crippen LogP contribution in [0.25, 0.3) is 0 Å². The Kier molecular flexibility index (Phi) is 2.24. The average Bonchev–Trinajstić information content (AvgIpc) is 3.11. The molecule has 3 aliphatic heterocycles. The number of fused-ring (bicyclic) bond motifs is 3. The fourth-order valence-electron chi connectivity index (χ4n) is 3.49. The molecule has 2 bridgehead atoms. The zero-order chi connectivity index (χ0) is 13.9. The van der Waals surface area contributed by atoms with E-state index in [-0.39, 0.29) is 5.92 Å². The second kappa shape index (κ2) is 3.78. The third-order valence-electron chi connectivity index (χ3n) is 4.31. The van der Waals surface area contributed by atoms with Crippen LogP contribution in [0.15, 0.2) is 4.52 Å². The van der Waals surface area contributed by atoms with Crippen LogP contribution in [0.5, 0.6) is 0 Å². The second-order valence-corrected chi connectivity index (χ2v) is 5.45. The third kappa shape index (κ3) is 1.45. The minimum atomic E-state index is -1.26. The number of hydrogen-bond acceptors (Lipinski definition) is 8. The summed E-state index contributed by atoms with van der Waals surface area (Å²) in [7, 11) is 0. The van der Waals surface area contributed by atoms with Crippen LogP contribution in [0.4, 0.5) is 0 Å². The van der Waals surface area contributed by atoms with Crippen LogP contribution in [-0.4, -0.2) is 46.0 Å². The monoisotopic (exact) mass is 279 g/mol. The number of hydrogen-bond donors (Lipinski definition) is 0. The SMILES string of the molecule is Cc1noc(CC2C3CCN(C3)C23OC(=O)C(=O)O3)n1. The molecule has 4 heterocycles. The van der Waals surface area contributed by atoms with Gasteiger partial charge in [0.05, 0.1) is 5.92 Å². The normalized spacial score (nSPS) is 33.8. The number of aryl methyl sites for hydroxylation is 1. The molecule has 0 aliphatic carbocycles. The number of carbonyl (C=O) groups excluding carboxylic acids is 2. The largest absolute Gasteiger partial charge is 0.421 e. The van der Waals surface area contributed by atoms with E-state index in [0.717, 1.165) is 19.5 Å². The van der Waals surface area contributed by atoms with E-state index < -0.39 is 17.8 Å². The predicted molar refractivity (Wildman–Crippen MR) is 60.8 cm³/mol. The Balaban J connectivity index is 1.66. The van der Waals surface area contributed by atoms with E-state index in [1.807, 2.05) is 4.90 Å². The predicted octanol–water partition coefficient (Wildman–Crippen LogP) is -0.374. The number of carbonyl (C=O) groups is 2. The standard InChI is InChI=1S/C12H13N3O5/c1-6-13-9(20-14-6)4-8-7-2-3-15(5-7)12(8)18-10(16)11(17)19-12/h7-8H,2-5H2,1H3. The molecule has 1 aromatic heterocycles. The van der Waals surface area contributed by atoms with E-state index in [1.165, 1.54) is 0 Å². The van der Waals surface area contributed by atoms with E-state index in [1.54, 1.807) is 6.92 Å². The van der Waals surface area contributed by atoms with Gasteiger partial charge in [-0.05, 0) is 19.3 Å². The lowest BCUT2D eigenvalue weighted by Crippen LogP contribution is -2.52. The molecule has 1 spiro atoms. The maximum Gasteiger partial charge on any atom is 0.421 e. The first-order valence-corrected chi connectivity index (χ1v) is 6.59. The molecule has 8 nitrogen and oxygen atoms in total. The Morgan fingerprint density at radius 1 is 1.35 bits per heavy atom. The highest BCUT2D eigenvalue weighted by molar-refractivity contribution is 6.31. The summed E-state index contributed by atoms with van der Waals surface area (Å²) >= 11 is 0. The minimum absolute atomic E-state index is 0.161. The summed E-state index contributed by atoms with van der Waals surface area (Å²) in [6.07, 6.45) is 1.41. The molecule has 3 atom stereocenters. The van der Waals surface area contributed by atoms with Crippen molar-refractivity contribution in [3.63, 3.8) is 0 Å². The highest BCUT2D eigenvalue weighted by Gasteiger charge is 2.67. The van der Waals surface area contributed by atoms with E-state index >= 15 is 0 Å². The zero-order valence-corrected chi connectivity index (χ0v) is 10.9. The molecule has 20 heavy (non-hydrogen) atoms. The molecule has 3 aliphatic rings. The summed E-state index contributed by atoms with van der Waals surface area (Å²) in [4.78, 5) is 29.0. The molecule has 3 fully saturated rings. The van der Waals surface area contributed by atoms with Gasteiger partial charge in [0.1, 0.15) is 0 Å². The fraction of sp³-hybridized carbons (Fsp3) is 0.667. The molecule has 3 unspecified atom stereocenters. The van der Waals surface area contributed by atoms with E-state index in [4.69, 9.17) is 14.0 Å². The molecule has 0 saturated carbocycles. The van der Waals surface area contributed by atoms with Gasteiger partial charge in [0.15, 0.2) is 5.82 Å². The van der Waals surface area contributed by atoms with Crippen molar-refractivity contribution in [3.05, 3.63) is 11.7 Å². The fourth-order valence-corrected chi connectivity index (χ4v) is 3.49. The molecular weight excluding hydrogens is 266 g/mol. The molecule has 8 heteroatoms. The van der Waals surface area contributed by atoms with E-state index in [2.05, 4.69) is 10.1 Å². The molecule has 3 saturated heterocycles. The Hall–Kier alpha value is -1.96. The Morgan fingerprint density at radius 3 is 2.75 bits per heavy atom. The first kappa shape index (κ1) is 11.8. The zero-order valence-electron chi connectivity index (χ0n) is 10.9. The van der Waals surface area contributed by atoms with Gasteiger partial charge in [-0.25, -0.2) is 14.5 Å². The maximum absolute atomic E-state index is 11.4. The van der Waals surface area contributed by atoms with Gasteiger partial charge in [0, 0.05) is 19.5 Å². The molecule has 4 rings (SSSR count).